The number of hydrogen-bond acceptors (Lipinski definition) is 6. The van der Waals surface area contributed by atoms with Crippen molar-refractivity contribution in [2.24, 2.45) is 0 Å². The highest BCUT2D eigenvalue weighted by Crippen LogP contribution is 2.07. The van der Waals surface area contributed by atoms with Crippen LogP contribution < -0.4 is 0 Å². The van der Waals surface area contributed by atoms with E-state index in [0.717, 1.165) is 4.52 Å². The van der Waals surface area contributed by atoms with Crippen LogP contribution in [0.15, 0.2) is 11.5 Å². The molecule has 2 heterocycles. The predicted octanol–water partition coefficient (Wildman–Crippen LogP) is -0.486. The van der Waals surface area contributed by atoms with Crippen LogP contribution in [0.25, 0.3) is 5.78 Å². The molecule has 11 heavy (non-hydrogen) atoms. The molecular weight excluding hydrogens is 166 g/mol. The standard InChI is InChI=1S/C4H3N5OS/c10-4-8-3(11)7-2-5-1-6-9(2)4/h1H,(H2,5,6,7,8,10,11). The molecule has 0 aromatic carbocycles. The Balaban J connectivity index is 2.91. The summed E-state index contributed by atoms with van der Waals surface area (Å²) in [6, 6.07) is -0.266. The van der Waals surface area contributed by atoms with Crippen LogP contribution in [0, 0.1) is 0 Å². The maximum atomic E-state index is 9.10. The third kappa shape index (κ3) is 0.891. The van der Waals surface area contributed by atoms with E-state index in [-0.39, 0.29) is 16.9 Å². The van der Waals surface area contributed by atoms with E-state index < -0.39 is 0 Å². The lowest BCUT2D eigenvalue weighted by Gasteiger charge is -1.93. The summed E-state index contributed by atoms with van der Waals surface area (Å²) in [6.45, 7) is 0. The summed E-state index contributed by atoms with van der Waals surface area (Å²) in [6.07, 6.45) is 1.27. The van der Waals surface area contributed by atoms with Gasteiger partial charge in [0.2, 0.25) is 0 Å². The Hall–Kier alpha value is -1.37. The third-order valence-corrected chi connectivity index (χ3v) is 1.32. The minimum atomic E-state index is -0.266. The number of aromatic nitrogens is 5. The summed E-state index contributed by atoms with van der Waals surface area (Å²) in [5, 5.41) is 12.9. The van der Waals surface area contributed by atoms with Crippen LogP contribution in [0.2, 0.25) is 0 Å². The average Bonchev–Trinajstić information content (AvgIpc) is 2.34. The van der Waals surface area contributed by atoms with Gasteiger partial charge in [0.25, 0.3) is 5.78 Å². The number of hydrogen-bond donors (Lipinski definition) is 2. The van der Waals surface area contributed by atoms with Gasteiger partial charge in [-0.05, 0) is 0 Å². The number of nitrogens with zero attached hydrogens (tertiary/aromatic N) is 5. The average molecular weight is 169 g/mol. The van der Waals surface area contributed by atoms with Gasteiger partial charge < -0.3 is 5.11 Å². The van der Waals surface area contributed by atoms with E-state index in [1.165, 1.54) is 6.33 Å². The highest BCUT2D eigenvalue weighted by molar-refractivity contribution is 7.80. The molecule has 0 amide bonds. The van der Waals surface area contributed by atoms with E-state index in [4.69, 9.17) is 5.11 Å². The van der Waals surface area contributed by atoms with Crippen molar-refractivity contribution in [1.82, 2.24) is 24.6 Å². The van der Waals surface area contributed by atoms with Gasteiger partial charge in [-0.15, -0.1) is 22.2 Å². The molecule has 2 rings (SSSR count). The molecule has 0 saturated carbocycles. The second kappa shape index (κ2) is 2.06. The highest BCUT2D eigenvalue weighted by Gasteiger charge is 2.03. The number of fused-ring (bicyclic) bond motifs is 1. The summed E-state index contributed by atoms with van der Waals surface area (Å²) < 4.78 is 1.11. The zero-order chi connectivity index (χ0) is 7.84. The molecule has 0 unspecified atom stereocenters. The summed E-state index contributed by atoms with van der Waals surface area (Å²) in [4.78, 5) is 11.1. The lowest BCUT2D eigenvalue weighted by molar-refractivity contribution is 0.404. The normalized spacial score (nSPS) is 10.6. The fraction of sp³-hybridized carbons (Fsp3) is 0. The highest BCUT2D eigenvalue weighted by atomic mass is 32.1. The van der Waals surface area contributed by atoms with Crippen molar-refractivity contribution in [3.05, 3.63) is 6.33 Å². The van der Waals surface area contributed by atoms with E-state index in [1.807, 2.05) is 0 Å². The fourth-order valence-electron chi connectivity index (χ4n) is 0.704. The maximum Gasteiger partial charge on any atom is 0.320 e. The molecule has 1 N–H and O–H groups in total. The van der Waals surface area contributed by atoms with E-state index in [2.05, 4.69) is 32.7 Å². The molecule has 0 aliphatic rings. The molecule has 0 fully saturated rings. The molecule has 0 aliphatic heterocycles. The van der Waals surface area contributed by atoms with Crippen LogP contribution in [-0.4, -0.2) is 29.7 Å². The largest absolute Gasteiger partial charge is 0.479 e. The maximum absolute atomic E-state index is 9.10. The molecule has 0 bridgehead atoms. The first-order valence-electron chi connectivity index (χ1n) is 2.73. The molecule has 7 heteroatoms. The topological polar surface area (TPSA) is 76.2 Å². The smallest absolute Gasteiger partial charge is 0.320 e. The zero-order valence-electron chi connectivity index (χ0n) is 5.21. The van der Waals surface area contributed by atoms with Crippen LogP contribution in [0.4, 0.5) is 0 Å². The van der Waals surface area contributed by atoms with Crippen molar-refractivity contribution in [2.45, 2.75) is 5.16 Å². The van der Waals surface area contributed by atoms with E-state index in [9.17, 15) is 0 Å². The van der Waals surface area contributed by atoms with Crippen molar-refractivity contribution in [2.75, 3.05) is 0 Å². The molecule has 2 aromatic rings. The summed E-state index contributed by atoms with van der Waals surface area (Å²) in [7, 11) is 0. The minimum Gasteiger partial charge on any atom is -0.479 e. The van der Waals surface area contributed by atoms with Crippen LogP contribution >= 0.6 is 12.6 Å². The molecule has 0 radical (unpaired) electrons. The van der Waals surface area contributed by atoms with Crippen LogP contribution in [0.3, 0.4) is 0 Å². The van der Waals surface area contributed by atoms with Crippen LogP contribution in [-0.2, 0) is 0 Å². The molecule has 0 aliphatic carbocycles. The predicted molar refractivity (Wildman–Crippen MR) is 37.5 cm³/mol. The van der Waals surface area contributed by atoms with Gasteiger partial charge >= 0.3 is 6.01 Å². The quantitative estimate of drug-likeness (QED) is 0.520. The van der Waals surface area contributed by atoms with Crippen molar-refractivity contribution in [3.8, 4) is 6.01 Å². The van der Waals surface area contributed by atoms with Gasteiger partial charge in [0.05, 0.1) is 0 Å². The van der Waals surface area contributed by atoms with Crippen molar-refractivity contribution in [1.29, 1.82) is 0 Å². The Kier molecular flexibility index (Phi) is 1.19. The molecule has 56 valence electrons. The van der Waals surface area contributed by atoms with Crippen molar-refractivity contribution < 1.29 is 5.11 Å². The monoisotopic (exact) mass is 169 g/mol. The lowest BCUT2D eigenvalue weighted by atomic mass is 10.9. The summed E-state index contributed by atoms with van der Waals surface area (Å²) in [5.74, 6) is 0.280. The van der Waals surface area contributed by atoms with Crippen LogP contribution in [0.5, 0.6) is 6.01 Å². The van der Waals surface area contributed by atoms with Gasteiger partial charge in [-0.25, -0.2) is 0 Å². The van der Waals surface area contributed by atoms with E-state index >= 15 is 0 Å². The van der Waals surface area contributed by atoms with Gasteiger partial charge in [0.1, 0.15) is 6.33 Å². The van der Waals surface area contributed by atoms with Gasteiger partial charge in [0, 0.05) is 0 Å². The second-order valence-corrected chi connectivity index (χ2v) is 2.20. The third-order valence-electron chi connectivity index (χ3n) is 1.12. The number of aromatic hydroxyl groups is 1. The Bertz CT molecular complexity index is 398. The fourth-order valence-corrected chi connectivity index (χ4v) is 0.883. The first kappa shape index (κ1) is 6.35. The Morgan fingerprint density at radius 3 is 3.09 bits per heavy atom. The van der Waals surface area contributed by atoms with Gasteiger partial charge in [-0.1, -0.05) is 0 Å². The molecule has 0 saturated heterocycles. The molecule has 0 spiro atoms. The molecule has 6 nitrogen and oxygen atoms in total. The molecular formula is C4H3N5OS. The Morgan fingerprint density at radius 1 is 1.45 bits per heavy atom. The molecule has 2 aromatic heterocycles. The Labute approximate surface area is 66.3 Å². The van der Waals surface area contributed by atoms with Gasteiger partial charge in [0.15, 0.2) is 5.16 Å². The van der Waals surface area contributed by atoms with Gasteiger partial charge in [-0.3, -0.25) is 0 Å². The number of thiol groups is 1. The van der Waals surface area contributed by atoms with E-state index in [1.54, 1.807) is 0 Å². The SMILES string of the molecule is Oc1nc(S)nc2ncnn12. The Morgan fingerprint density at radius 2 is 2.27 bits per heavy atom. The molecule has 0 atom stereocenters. The first-order chi connectivity index (χ1) is 5.27. The van der Waals surface area contributed by atoms with Crippen molar-refractivity contribution >= 4 is 18.4 Å². The lowest BCUT2D eigenvalue weighted by Crippen LogP contribution is -1.95. The number of rotatable bonds is 0. The summed E-state index contributed by atoms with van der Waals surface area (Å²) >= 11 is 3.84. The first-order valence-corrected chi connectivity index (χ1v) is 3.18. The van der Waals surface area contributed by atoms with Crippen LogP contribution in [0.1, 0.15) is 0 Å². The van der Waals surface area contributed by atoms with Gasteiger partial charge in [-0.2, -0.15) is 15.0 Å². The minimum absolute atomic E-state index is 0.169. The second-order valence-electron chi connectivity index (χ2n) is 1.80. The zero-order valence-corrected chi connectivity index (χ0v) is 6.10. The van der Waals surface area contributed by atoms with Crippen molar-refractivity contribution in [3.63, 3.8) is 0 Å². The van der Waals surface area contributed by atoms with E-state index in [0.29, 0.717) is 0 Å². The summed E-state index contributed by atoms with van der Waals surface area (Å²) in [5.41, 5.74) is 0.